The first kappa shape index (κ1) is 14.3. The summed E-state index contributed by atoms with van der Waals surface area (Å²) in [5.41, 5.74) is 4.94. The van der Waals surface area contributed by atoms with E-state index >= 15 is 0 Å². The van der Waals surface area contributed by atoms with Gasteiger partial charge in [-0.3, -0.25) is 4.79 Å². The van der Waals surface area contributed by atoms with Crippen LogP contribution in [0.15, 0.2) is 36.4 Å². The molecule has 0 aliphatic rings. The second-order valence-corrected chi connectivity index (χ2v) is 5.13. The van der Waals surface area contributed by atoms with E-state index < -0.39 is 0 Å². The minimum Gasteiger partial charge on any atom is -0.325 e. The fraction of sp³-hybridized carbons (Fsp3) is 0.235. The van der Waals surface area contributed by atoms with Gasteiger partial charge in [0.25, 0.3) is 0 Å². The molecule has 20 heavy (non-hydrogen) atoms. The van der Waals surface area contributed by atoms with Gasteiger partial charge >= 0.3 is 0 Å². The van der Waals surface area contributed by atoms with Crippen LogP contribution in [0.4, 0.5) is 10.1 Å². The third-order valence-electron chi connectivity index (χ3n) is 3.22. The number of anilines is 1. The van der Waals surface area contributed by atoms with Crippen LogP contribution < -0.4 is 5.32 Å². The molecule has 2 aromatic carbocycles. The first-order valence-corrected chi connectivity index (χ1v) is 6.58. The Morgan fingerprint density at radius 3 is 2.15 bits per heavy atom. The first-order chi connectivity index (χ1) is 9.45. The third-order valence-corrected chi connectivity index (χ3v) is 3.22. The minimum absolute atomic E-state index is 0.0911. The van der Waals surface area contributed by atoms with Crippen LogP contribution in [0.25, 0.3) is 0 Å². The maximum atomic E-state index is 12.8. The van der Waals surface area contributed by atoms with Crippen LogP contribution in [0.5, 0.6) is 0 Å². The van der Waals surface area contributed by atoms with Gasteiger partial charge in [-0.15, -0.1) is 0 Å². The largest absolute Gasteiger partial charge is 0.325 e. The Hall–Kier alpha value is -2.16. The van der Waals surface area contributed by atoms with Crippen LogP contribution in [-0.2, 0) is 11.2 Å². The van der Waals surface area contributed by atoms with Crippen molar-refractivity contribution in [2.75, 3.05) is 5.32 Å². The van der Waals surface area contributed by atoms with Gasteiger partial charge in [0.15, 0.2) is 0 Å². The number of rotatable bonds is 3. The maximum Gasteiger partial charge on any atom is 0.228 e. The zero-order chi connectivity index (χ0) is 14.7. The molecule has 0 atom stereocenters. The van der Waals surface area contributed by atoms with E-state index in [9.17, 15) is 9.18 Å². The summed E-state index contributed by atoms with van der Waals surface area (Å²) in [5.74, 6) is -0.383. The maximum absolute atomic E-state index is 12.8. The van der Waals surface area contributed by atoms with Crippen molar-refractivity contribution in [2.24, 2.45) is 0 Å². The molecule has 0 saturated heterocycles. The van der Waals surface area contributed by atoms with Crippen molar-refractivity contribution in [3.05, 3.63) is 64.5 Å². The Morgan fingerprint density at radius 2 is 1.60 bits per heavy atom. The van der Waals surface area contributed by atoms with E-state index in [1.807, 2.05) is 32.9 Å². The number of carbonyl (C=O) groups excluding carboxylic acids is 1. The summed E-state index contributed by atoms with van der Waals surface area (Å²) < 4.78 is 12.8. The number of hydrogen-bond acceptors (Lipinski definition) is 1. The van der Waals surface area contributed by atoms with Crippen molar-refractivity contribution >= 4 is 11.6 Å². The van der Waals surface area contributed by atoms with E-state index in [0.717, 1.165) is 22.4 Å². The summed E-state index contributed by atoms with van der Waals surface area (Å²) in [7, 11) is 0. The second-order valence-electron chi connectivity index (χ2n) is 5.13. The highest BCUT2D eigenvalue weighted by Gasteiger charge is 2.09. The number of carbonyl (C=O) groups is 1. The van der Waals surface area contributed by atoms with Crippen molar-refractivity contribution < 1.29 is 9.18 Å². The van der Waals surface area contributed by atoms with Crippen molar-refractivity contribution in [1.29, 1.82) is 0 Å². The second kappa shape index (κ2) is 5.87. The van der Waals surface area contributed by atoms with Gasteiger partial charge in [-0.05, 0) is 49.6 Å². The topological polar surface area (TPSA) is 29.1 Å². The zero-order valence-electron chi connectivity index (χ0n) is 12.0. The molecule has 0 saturated carbocycles. The lowest BCUT2D eigenvalue weighted by atomic mass is 10.0. The fourth-order valence-corrected chi connectivity index (χ4v) is 2.35. The minimum atomic E-state index is -0.292. The van der Waals surface area contributed by atoms with Crippen LogP contribution in [-0.4, -0.2) is 5.91 Å². The molecule has 1 N–H and O–H groups in total. The highest BCUT2D eigenvalue weighted by atomic mass is 19.1. The summed E-state index contributed by atoms with van der Waals surface area (Å²) >= 11 is 0. The van der Waals surface area contributed by atoms with E-state index in [1.165, 1.54) is 17.7 Å². The van der Waals surface area contributed by atoms with E-state index in [2.05, 4.69) is 5.32 Å². The van der Waals surface area contributed by atoms with Crippen LogP contribution in [0.1, 0.15) is 22.3 Å². The van der Waals surface area contributed by atoms with Crippen LogP contribution in [0.3, 0.4) is 0 Å². The monoisotopic (exact) mass is 271 g/mol. The molecule has 2 nitrogen and oxygen atoms in total. The molecule has 2 aromatic rings. The lowest BCUT2D eigenvalue weighted by Crippen LogP contribution is -2.16. The molecule has 104 valence electrons. The molecule has 0 aromatic heterocycles. The van der Waals surface area contributed by atoms with Crippen LogP contribution in [0.2, 0.25) is 0 Å². The van der Waals surface area contributed by atoms with Crippen molar-refractivity contribution in [1.82, 2.24) is 0 Å². The summed E-state index contributed by atoms with van der Waals surface area (Å²) in [6, 6.07) is 10.1. The normalized spacial score (nSPS) is 10.4. The number of benzene rings is 2. The van der Waals surface area contributed by atoms with E-state index in [4.69, 9.17) is 0 Å². The number of hydrogen-bond donors (Lipinski definition) is 1. The van der Waals surface area contributed by atoms with Gasteiger partial charge < -0.3 is 5.32 Å². The number of amides is 1. The molecule has 0 fully saturated rings. The average Bonchev–Trinajstić information content (AvgIpc) is 2.36. The molecule has 3 heteroatoms. The molecule has 0 heterocycles. The molecular formula is C17H18FNO. The first-order valence-electron chi connectivity index (χ1n) is 6.58. The highest BCUT2D eigenvalue weighted by molar-refractivity contribution is 5.93. The van der Waals surface area contributed by atoms with E-state index in [1.54, 1.807) is 12.1 Å². The van der Waals surface area contributed by atoms with Crippen molar-refractivity contribution in [3.63, 3.8) is 0 Å². The predicted molar refractivity (Wildman–Crippen MR) is 79.4 cm³/mol. The molecule has 1 amide bonds. The number of halogens is 1. The molecule has 2 rings (SSSR count). The van der Waals surface area contributed by atoms with Crippen molar-refractivity contribution in [2.45, 2.75) is 27.2 Å². The van der Waals surface area contributed by atoms with Crippen molar-refractivity contribution in [3.8, 4) is 0 Å². The fourth-order valence-electron chi connectivity index (χ4n) is 2.35. The number of nitrogens with one attached hydrogen (secondary N) is 1. The molecule has 0 bridgehead atoms. The summed E-state index contributed by atoms with van der Waals surface area (Å²) in [4.78, 5) is 12.1. The lowest BCUT2D eigenvalue weighted by molar-refractivity contribution is -0.115. The van der Waals surface area contributed by atoms with Gasteiger partial charge in [-0.1, -0.05) is 29.8 Å². The standard InChI is InChI=1S/C17H18FNO/c1-11-8-12(2)17(13(3)9-11)19-16(20)10-14-4-6-15(18)7-5-14/h4-9H,10H2,1-3H3,(H,19,20). The molecular weight excluding hydrogens is 253 g/mol. The zero-order valence-corrected chi connectivity index (χ0v) is 12.0. The average molecular weight is 271 g/mol. The van der Waals surface area contributed by atoms with Gasteiger partial charge in [0, 0.05) is 5.69 Å². The molecule has 0 radical (unpaired) electrons. The summed E-state index contributed by atoms with van der Waals surface area (Å²) in [5, 5.41) is 2.94. The molecule has 0 spiro atoms. The Bertz CT molecular complexity index is 609. The number of aryl methyl sites for hydroxylation is 3. The smallest absolute Gasteiger partial charge is 0.228 e. The Balaban J connectivity index is 2.10. The Morgan fingerprint density at radius 1 is 1.05 bits per heavy atom. The lowest BCUT2D eigenvalue weighted by Gasteiger charge is -2.13. The van der Waals surface area contributed by atoms with E-state index in [-0.39, 0.29) is 18.1 Å². The third kappa shape index (κ3) is 3.44. The highest BCUT2D eigenvalue weighted by Crippen LogP contribution is 2.22. The molecule has 0 aliphatic carbocycles. The van der Waals surface area contributed by atoms with Gasteiger partial charge in [-0.25, -0.2) is 4.39 Å². The molecule has 0 aliphatic heterocycles. The van der Waals surface area contributed by atoms with Gasteiger partial charge in [0.1, 0.15) is 5.82 Å². The summed E-state index contributed by atoms with van der Waals surface area (Å²) in [6.07, 6.45) is 0.243. The summed E-state index contributed by atoms with van der Waals surface area (Å²) in [6.45, 7) is 5.99. The predicted octanol–water partition coefficient (Wildman–Crippen LogP) is 3.93. The van der Waals surface area contributed by atoms with Crippen LogP contribution >= 0.6 is 0 Å². The Labute approximate surface area is 118 Å². The van der Waals surface area contributed by atoms with Gasteiger partial charge in [0.05, 0.1) is 6.42 Å². The Kier molecular flexibility index (Phi) is 4.18. The van der Waals surface area contributed by atoms with Gasteiger partial charge in [-0.2, -0.15) is 0 Å². The van der Waals surface area contributed by atoms with Crippen LogP contribution in [0, 0.1) is 26.6 Å². The van der Waals surface area contributed by atoms with Gasteiger partial charge in [0.2, 0.25) is 5.91 Å². The quantitative estimate of drug-likeness (QED) is 0.900. The van der Waals surface area contributed by atoms with E-state index in [0.29, 0.717) is 0 Å². The molecule has 0 unspecified atom stereocenters. The SMILES string of the molecule is Cc1cc(C)c(NC(=O)Cc2ccc(F)cc2)c(C)c1.